The van der Waals surface area contributed by atoms with Crippen LogP contribution in [0.15, 0.2) is 54.6 Å². The third kappa shape index (κ3) is 5.51. The molecule has 0 spiro atoms. The Balaban J connectivity index is 0.00000200. The van der Waals surface area contributed by atoms with Gasteiger partial charge in [0.05, 0.1) is 6.61 Å². The zero-order valence-corrected chi connectivity index (χ0v) is 12.1. The predicted molar refractivity (Wildman–Crippen MR) is 83.6 cm³/mol. The Kier molecular flexibility index (Phi) is 7.55. The Bertz CT molecular complexity index is 474. The van der Waals surface area contributed by atoms with Crippen molar-refractivity contribution in [1.82, 2.24) is 0 Å². The molecule has 3 nitrogen and oxygen atoms in total. The maximum Gasteiger partial charge on any atom is 0.120 e. The molecule has 0 atom stereocenters. The standard InChI is InChI=1S/C16H19NO2.ClH/c17-11-4-12-18-15-7-9-16(10-8-15)19-13-14-5-2-1-3-6-14;/h1-3,5-10H,4,11-13,17H2;1H. The molecule has 0 aliphatic rings. The van der Waals surface area contributed by atoms with Gasteiger partial charge in [0.2, 0.25) is 0 Å². The van der Waals surface area contributed by atoms with Crippen LogP contribution in [0.1, 0.15) is 12.0 Å². The number of hydrogen-bond acceptors (Lipinski definition) is 3. The summed E-state index contributed by atoms with van der Waals surface area (Å²) in [7, 11) is 0. The molecule has 0 saturated carbocycles. The van der Waals surface area contributed by atoms with Crippen LogP contribution in [0.5, 0.6) is 11.5 Å². The number of rotatable bonds is 7. The fraction of sp³-hybridized carbons (Fsp3) is 0.250. The van der Waals surface area contributed by atoms with Crippen molar-refractivity contribution in [3.8, 4) is 11.5 Å². The summed E-state index contributed by atoms with van der Waals surface area (Å²) in [4.78, 5) is 0. The van der Waals surface area contributed by atoms with Gasteiger partial charge >= 0.3 is 0 Å². The lowest BCUT2D eigenvalue weighted by Gasteiger charge is -2.08. The highest BCUT2D eigenvalue weighted by Gasteiger charge is 1.97. The van der Waals surface area contributed by atoms with Crippen LogP contribution in [-0.2, 0) is 6.61 Å². The lowest BCUT2D eigenvalue weighted by Crippen LogP contribution is -2.06. The summed E-state index contributed by atoms with van der Waals surface area (Å²) in [5, 5.41) is 0. The van der Waals surface area contributed by atoms with Crippen LogP contribution < -0.4 is 15.2 Å². The van der Waals surface area contributed by atoms with E-state index in [0.717, 1.165) is 23.5 Å². The van der Waals surface area contributed by atoms with E-state index in [4.69, 9.17) is 15.2 Å². The molecule has 2 rings (SSSR count). The van der Waals surface area contributed by atoms with Crippen LogP contribution in [-0.4, -0.2) is 13.2 Å². The van der Waals surface area contributed by atoms with Gasteiger partial charge in [-0.15, -0.1) is 12.4 Å². The number of nitrogens with two attached hydrogens (primary N) is 1. The summed E-state index contributed by atoms with van der Waals surface area (Å²) in [5.74, 6) is 1.69. The van der Waals surface area contributed by atoms with Gasteiger partial charge in [0, 0.05) is 0 Å². The summed E-state index contributed by atoms with van der Waals surface area (Å²) >= 11 is 0. The summed E-state index contributed by atoms with van der Waals surface area (Å²) in [6, 6.07) is 17.8. The van der Waals surface area contributed by atoms with Crippen LogP contribution in [0.4, 0.5) is 0 Å². The van der Waals surface area contributed by atoms with E-state index >= 15 is 0 Å². The normalized spacial score (nSPS) is 9.65. The molecule has 0 aliphatic heterocycles. The quantitative estimate of drug-likeness (QED) is 0.796. The SMILES string of the molecule is Cl.NCCCOc1ccc(OCc2ccccc2)cc1. The average Bonchev–Trinajstić information content (AvgIpc) is 2.48. The van der Waals surface area contributed by atoms with Gasteiger partial charge in [0.1, 0.15) is 18.1 Å². The number of hydrogen-bond donors (Lipinski definition) is 1. The highest BCUT2D eigenvalue weighted by Crippen LogP contribution is 2.18. The minimum Gasteiger partial charge on any atom is -0.494 e. The zero-order chi connectivity index (χ0) is 13.3. The molecule has 0 heterocycles. The average molecular weight is 294 g/mol. The first-order valence-corrected chi connectivity index (χ1v) is 6.48. The molecule has 0 unspecified atom stereocenters. The lowest BCUT2D eigenvalue weighted by atomic mass is 10.2. The Labute approximate surface area is 126 Å². The fourth-order valence-corrected chi connectivity index (χ4v) is 1.65. The van der Waals surface area contributed by atoms with E-state index in [9.17, 15) is 0 Å². The van der Waals surface area contributed by atoms with Gasteiger partial charge in [-0.1, -0.05) is 30.3 Å². The van der Waals surface area contributed by atoms with Crippen LogP contribution in [0.2, 0.25) is 0 Å². The second kappa shape index (κ2) is 9.23. The molecule has 0 fully saturated rings. The van der Waals surface area contributed by atoms with E-state index in [1.807, 2.05) is 54.6 Å². The van der Waals surface area contributed by atoms with Crippen molar-refractivity contribution in [2.75, 3.05) is 13.2 Å². The molecule has 0 saturated heterocycles. The zero-order valence-electron chi connectivity index (χ0n) is 11.3. The topological polar surface area (TPSA) is 44.5 Å². The second-order valence-electron chi connectivity index (χ2n) is 4.24. The van der Waals surface area contributed by atoms with Crippen molar-refractivity contribution in [3.63, 3.8) is 0 Å². The van der Waals surface area contributed by atoms with E-state index in [1.165, 1.54) is 0 Å². The molecule has 2 aromatic carbocycles. The third-order valence-corrected chi connectivity index (χ3v) is 2.69. The Hall–Kier alpha value is -1.71. The monoisotopic (exact) mass is 293 g/mol. The van der Waals surface area contributed by atoms with Gasteiger partial charge in [-0.25, -0.2) is 0 Å². The van der Waals surface area contributed by atoms with Crippen molar-refractivity contribution in [2.24, 2.45) is 5.73 Å². The van der Waals surface area contributed by atoms with E-state index in [-0.39, 0.29) is 12.4 Å². The van der Waals surface area contributed by atoms with Gasteiger partial charge in [-0.3, -0.25) is 0 Å². The second-order valence-corrected chi connectivity index (χ2v) is 4.24. The Morgan fingerprint density at radius 3 is 2.00 bits per heavy atom. The summed E-state index contributed by atoms with van der Waals surface area (Å²) < 4.78 is 11.2. The van der Waals surface area contributed by atoms with Crippen molar-refractivity contribution in [1.29, 1.82) is 0 Å². The van der Waals surface area contributed by atoms with Gasteiger partial charge < -0.3 is 15.2 Å². The predicted octanol–water partition coefficient (Wildman–Crippen LogP) is 3.42. The minimum absolute atomic E-state index is 0. The highest BCUT2D eigenvalue weighted by molar-refractivity contribution is 5.85. The molecule has 108 valence electrons. The Morgan fingerprint density at radius 2 is 1.40 bits per heavy atom. The molecular weight excluding hydrogens is 274 g/mol. The number of ether oxygens (including phenoxy) is 2. The van der Waals surface area contributed by atoms with Gasteiger partial charge in [-0.05, 0) is 42.8 Å². The van der Waals surface area contributed by atoms with Gasteiger partial charge in [0.15, 0.2) is 0 Å². The lowest BCUT2D eigenvalue weighted by molar-refractivity contribution is 0.300. The van der Waals surface area contributed by atoms with E-state index < -0.39 is 0 Å². The van der Waals surface area contributed by atoms with Crippen LogP contribution in [0.25, 0.3) is 0 Å². The smallest absolute Gasteiger partial charge is 0.120 e. The molecule has 0 aliphatic carbocycles. The molecule has 2 aromatic rings. The van der Waals surface area contributed by atoms with Crippen LogP contribution >= 0.6 is 12.4 Å². The number of benzene rings is 2. The summed E-state index contributed by atoms with van der Waals surface area (Å²) in [6.45, 7) is 1.88. The minimum atomic E-state index is 0. The van der Waals surface area contributed by atoms with Crippen molar-refractivity contribution in [3.05, 3.63) is 60.2 Å². The van der Waals surface area contributed by atoms with Crippen molar-refractivity contribution >= 4 is 12.4 Å². The molecule has 20 heavy (non-hydrogen) atoms. The van der Waals surface area contributed by atoms with E-state index in [1.54, 1.807) is 0 Å². The van der Waals surface area contributed by atoms with E-state index in [0.29, 0.717) is 19.8 Å². The first-order valence-electron chi connectivity index (χ1n) is 6.48. The molecule has 2 N–H and O–H groups in total. The Morgan fingerprint density at radius 1 is 0.800 bits per heavy atom. The number of halogens is 1. The van der Waals surface area contributed by atoms with Crippen molar-refractivity contribution < 1.29 is 9.47 Å². The van der Waals surface area contributed by atoms with Crippen LogP contribution in [0, 0.1) is 0 Å². The summed E-state index contributed by atoms with van der Waals surface area (Å²) in [5.41, 5.74) is 6.57. The summed E-state index contributed by atoms with van der Waals surface area (Å²) in [6.07, 6.45) is 0.867. The maximum absolute atomic E-state index is 5.70. The van der Waals surface area contributed by atoms with Gasteiger partial charge in [0.25, 0.3) is 0 Å². The van der Waals surface area contributed by atoms with Crippen LogP contribution in [0.3, 0.4) is 0 Å². The molecule has 0 amide bonds. The van der Waals surface area contributed by atoms with Gasteiger partial charge in [-0.2, -0.15) is 0 Å². The molecular formula is C16H20ClNO2. The fourth-order valence-electron chi connectivity index (χ4n) is 1.65. The molecule has 4 heteroatoms. The molecule has 0 aromatic heterocycles. The first kappa shape index (κ1) is 16.3. The van der Waals surface area contributed by atoms with Crippen molar-refractivity contribution in [2.45, 2.75) is 13.0 Å². The molecule has 0 bridgehead atoms. The first-order chi connectivity index (χ1) is 9.38. The molecule has 0 radical (unpaired) electrons. The third-order valence-electron chi connectivity index (χ3n) is 2.69. The largest absolute Gasteiger partial charge is 0.494 e. The highest BCUT2D eigenvalue weighted by atomic mass is 35.5. The van der Waals surface area contributed by atoms with E-state index in [2.05, 4.69) is 0 Å². The maximum atomic E-state index is 5.70.